The van der Waals surface area contributed by atoms with Gasteiger partial charge in [-0.05, 0) is 5.92 Å². The van der Waals surface area contributed by atoms with Crippen LogP contribution in [-0.2, 0) is 16.1 Å². The van der Waals surface area contributed by atoms with Gasteiger partial charge >= 0.3 is 0 Å². The van der Waals surface area contributed by atoms with Crippen LogP contribution in [0.2, 0.25) is 0 Å². The molecule has 0 atom stereocenters. The number of ether oxygens (including phenoxy) is 2. The summed E-state index contributed by atoms with van der Waals surface area (Å²) in [6, 6.07) is 0. The summed E-state index contributed by atoms with van der Waals surface area (Å²) < 4.78 is 14.4. The third kappa shape index (κ3) is 5.06. The topological polar surface area (TPSA) is 70.3 Å². The summed E-state index contributed by atoms with van der Waals surface area (Å²) in [5, 5.41) is 4.46. The summed E-state index contributed by atoms with van der Waals surface area (Å²) in [4.78, 5) is 0. The molecule has 2 N–H and O–H groups in total. The Morgan fingerprint density at radius 3 is 2.67 bits per heavy atom. The molecule has 6 heteroatoms. The van der Waals surface area contributed by atoms with Gasteiger partial charge in [-0.3, -0.25) is 0 Å². The maximum atomic E-state index is 5.60. The minimum absolute atomic E-state index is 0.410. The van der Waals surface area contributed by atoms with Crippen molar-refractivity contribution in [1.29, 1.82) is 0 Å². The highest BCUT2D eigenvalue weighted by molar-refractivity contribution is 7.09. The molecule has 0 amide bonds. The number of hydrogen-bond acceptors (Lipinski definition) is 6. The third-order valence-corrected chi connectivity index (χ3v) is 2.24. The second-order valence-corrected chi connectivity index (χ2v) is 4.39. The zero-order valence-corrected chi connectivity index (χ0v) is 9.92. The molecular weight excluding hydrogens is 214 g/mol. The summed E-state index contributed by atoms with van der Waals surface area (Å²) in [5.74, 6) is 0.559. The van der Waals surface area contributed by atoms with Crippen molar-refractivity contribution in [1.82, 2.24) is 9.59 Å². The first kappa shape index (κ1) is 12.4. The molecule has 0 aliphatic heterocycles. The molecule has 1 aromatic heterocycles. The summed E-state index contributed by atoms with van der Waals surface area (Å²) >= 11 is 1.18. The van der Waals surface area contributed by atoms with Crippen LogP contribution in [-0.4, -0.2) is 29.4 Å². The number of nitrogens with zero attached hydrogens (tertiary/aromatic N) is 2. The van der Waals surface area contributed by atoms with Gasteiger partial charge in [-0.25, -0.2) is 0 Å². The Morgan fingerprint density at radius 1 is 1.33 bits per heavy atom. The summed E-state index contributed by atoms with van der Waals surface area (Å²) in [7, 11) is 0. The molecule has 0 radical (unpaired) electrons. The van der Waals surface area contributed by atoms with Crippen LogP contribution < -0.4 is 5.73 Å². The van der Waals surface area contributed by atoms with Crippen LogP contribution in [0.4, 0.5) is 5.00 Å². The highest BCUT2D eigenvalue weighted by Gasteiger charge is 2.03. The van der Waals surface area contributed by atoms with Crippen LogP contribution in [0.1, 0.15) is 19.5 Å². The fourth-order valence-electron chi connectivity index (χ4n) is 0.921. The highest BCUT2D eigenvalue weighted by Crippen LogP contribution is 2.12. The Balaban J connectivity index is 2.00. The van der Waals surface area contributed by atoms with E-state index in [1.165, 1.54) is 11.5 Å². The van der Waals surface area contributed by atoms with Crippen molar-refractivity contribution in [2.24, 2.45) is 5.92 Å². The minimum atomic E-state index is 0.410. The first-order valence-corrected chi connectivity index (χ1v) is 5.69. The highest BCUT2D eigenvalue weighted by atomic mass is 32.1. The van der Waals surface area contributed by atoms with E-state index in [1.54, 1.807) is 0 Å². The molecule has 0 unspecified atom stereocenters. The molecule has 0 fully saturated rings. The maximum Gasteiger partial charge on any atom is 0.133 e. The molecule has 0 aromatic carbocycles. The predicted molar refractivity (Wildman–Crippen MR) is 59.6 cm³/mol. The van der Waals surface area contributed by atoms with Crippen molar-refractivity contribution in [2.45, 2.75) is 20.5 Å². The molecule has 0 saturated carbocycles. The molecule has 5 nitrogen and oxygen atoms in total. The molecule has 1 aromatic rings. The van der Waals surface area contributed by atoms with Gasteiger partial charge in [0, 0.05) is 18.1 Å². The Morgan fingerprint density at radius 2 is 2.07 bits per heavy atom. The van der Waals surface area contributed by atoms with Crippen LogP contribution in [0, 0.1) is 5.92 Å². The van der Waals surface area contributed by atoms with Gasteiger partial charge in [0.2, 0.25) is 0 Å². The van der Waals surface area contributed by atoms with E-state index in [1.807, 2.05) is 0 Å². The Bertz CT molecular complexity index is 278. The number of hydrogen-bond donors (Lipinski definition) is 1. The summed E-state index contributed by atoms with van der Waals surface area (Å²) in [5.41, 5.74) is 6.32. The van der Waals surface area contributed by atoms with E-state index in [0.29, 0.717) is 36.4 Å². The van der Waals surface area contributed by atoms with Crippen molar-refractivity contribution in [3.63, 3.8) is 0 Å². The van der Waals surface area contributed by atoms with Crippen LogP contribution in [0.5, 0.6) is 0 Å². The molecule has 0 bridgehead atoms. The van der Waals surface area contributed by atoms with Crippen molar-refractivity contribution in [3.8, 4) is 0 Å². The van der Waals surface area contributed by atoms with E-state index in [9.17, 15) is 0 Å². The average molecular weight is 231 g/mol. The van der Waals surface area contributed by atoms with Crippen LogP contribution in [0.15, 0.2) is 0 Å². The van der Waals surface area contributed by atoms with E-state index in [0.717, 1.165) is 6.61 Å². The Labute approximate surface area is 93.7 Å². The smallest absolute Gasteiger partial charge is 0.133 e. The van der Waals surface area contributed by atoms with Gasteiger partial charge in [0.15, 0.2) is 0 Å². The zero-order valence-electron chi connectivity index (χ0n) is 9.10. The standard InChI is InChI=1S/C9H17N3O2S/c1-7(2)5-13-3-4-14-6-8-9(10)15-12-11-8/h7H,3-6,10H2,1-2H3. The van der Waals surface area contributed by atoms with Gasteiger partial charge < -0.3 is 15.2 Å². The van der Waals surface area contributed by atoms with Crippen LogP contribution >= 0.6 is 11.5 Å². The number of rotatable bonds is 7. The molecule has 0 spiro atoms. The van der Waals surface area contributed by atoms with Gasteiger partial charge in [-0.2, -0.15) is 0 Å². The Kier molecular flexibility index (Phi) is 5.52. The third-order valence-electron chi connectivity index (χ3n) is 1.65. The second-order valence-electron chi connectivity index (χ2n) is 3.61. The van der Waals surface area contributed by atoms with Gasteiger partial charge in [0.1, 0.15) is 10.7 Å². The molecule has 86 valence electrons. The normalized spacial score (nSPS) is 11.1. The fraction of sp³-hybridized carbons (Fsp3) is 0.778. The van der Waals surface area contributed by atoms with Crippen molar-refractivity contribution in [3.05, 3.63) is 5.69 Å². The van der Waals surface area contributed by atoms with Crippen molar-refractivity contribution >= 4 is 16.5 Å². The molecule has 0 aliphatic rings. The van der Waals surface area contributed by atoms with Crippen LogP contribution in [0.3, 0.4) is 0 Å². The molecule has 15 heavy (non-hydrogen) atoms. The molecule has 0 saturated heterocycles. The molecule has 1 rings (SSSR count). The van der Waals surface area contributed by atoms with Gasteiger partial charge in [-0.15, -0.1) is 5.10 Å². The predicted octanol–water partition coefficient (Wildman–Crippen LogP) is 1.31. The molecule has 1 heterocycles. The lowest BCUT2D eigenvalue weighted by atomic mass is 10.2. The maximum absolute atomic E-state index is 5.60. The van der Waals surface area contributed by atoms with Gasteiger partial charge in [0.05, 0.1) is 19.8 Å². The monoisotopic (exact) mass is 231 g/mol. The average Bonchev–Trinajstić information content (AvgIpc) is 2.57. The summed E-state index contributed by atoms with van der Waals surface area (Å²) in [6.07, 6.45) is 0. The van der Waals surface area contributed by atoms with Gasteiger partial charge in [-0.1, -0.05) is 18.3 Å². The van der Waals surface area contributed by atoms with E-state index in [4.69, 9.17) is 15.2 Å². The zero-order chi connectivity index (χ0) is 11.1. The first-order chi connectivity index (χ1) is 7.20. The van der Waals surface area contributed by atoms with Crippen LogP contribution in [0.25, 0.3) is 0 Å². The van der Waals surface area contributed by atoms with E-state index in [-0.39, 0.29) is 0 Å². The summed E-state index contributed by atoms with van der Waals surface area (Å²) in [6.45, 7) is 6.57. The Hall–Kier alpha value is -0.720. The van der Waals surface area contributed by atoms with E-state index < -0.39 is 0 Å². The molecular formula is C9H17N3O2S. The lowest BCUT2D eigenvalue weighted by Crippen LogP contribution is -2.08. The van der Waals surface area contributed by atoms with Crippen molar-refractivity contribution < 1.29 is 9.47 Å². The van der Waals surface area contributed by atoms with Crippen molar-refractivity contribution in [2.75, 3.05) is 25.6 Å². The van der Waals surface area contributed by atoms with E-state index in [2.05, 4.69) is 23.4 Å². The van der Waals surface area contributed by atoms with E-state index >= 15 is 0 Å². The number of nitrogen functional groups attached to an aromatic ring is 1. The SMILES string of the molecule is CC(C)COCCOCc1nnsc1N. The minimum Gasteiger partial charge on any atom is -0.388 e. The second kappa shape index (κ2) is 6.71. The molecule has 0 aliphatic carbocycles. The lowest BCUT2D eigenvalue weighted by molar-refractivity contribution is 0.0306. The largest absolute Gasteiger partial charge is 0.388 e. The number of nitrogens with two attached hydrogens (primary N) is 1. The van der Waals surface area contributed by atoms with Gasteiger partial charge in [0.25, 0.3) is 0 Å². The number of aromatic nitrogens is 2. The first-order valence-electron chi connectivity index (χ1n) is 4.92. The number of anilines is 1. The quantitative estimate of drug-likeness (QED) is 0.716. The fourth-order valence-corrected chi connectivity index (χ4v) is 1.35. The lowest BCUT2D eigenvalue weighted by Gasteiger charge is -2.06.